The third kappa shape index (κ3) is 3.56. The molecule has 0 aliphatic rings. The number of nitrogens with zero attached hydrogens (tertiary/aromatic N) is 1. The summed E-state index contributed by atoms with van der Waals surface area (Å²) in [5.74, 6) is 0.618. The van der Waals surface area contributed by atoms with Gasteiger partial charge in [-0.05, 0) is 18.2 Å². The molecule has 0 aliphatic carbocycles. The quantitative estimate of drug-likeness (QED) is 0.876. The monoisotopic (exact) mass is 312 g/mol. The summed E-state index contributed by atoms with van der Waals surface area (Å²) in [5, 5.41) is 0.930. The van der Waals surface area contributed by atoms with Crippen LogP contribution in [0.15, 0.2) is 36.5 Å². The van der Waals surface area contributed by atoms with Gasteiger partial charge in [0.1, 0.15) is 23.0 Å². The number of nitrogens with two attached hydrogens (primary N) is 1. The third-order valence-corrected chi connectivity index (χ3v) is 3.34. The zero-order valence-corrected chi connectivity index (χ0v) is 12.1. The van der Waals surface area contributed by atoms with Crippen LogP contribution in [0.2, 0.25) is 10.0 Å². The topological polar surface area (TPSA) is 48.1 Å². The van der Waals surface area contributed by atoms with Gasteiger partial charge in [-0.3, -0.25) is 4.98 Å². The highest BCUT2D eigenvalue weighted by Gasteiger charge is 2.07. The molecule has 0 saturated heterocycles. The molecule has 0 radical (unpaired) electrons. The molecule has 3 nitrogen and oxygen atoms in total. The lowest BCUT2D eigenvalue weighted by molar-refractivity contribution is 0.305. The van der Waals surface area contributed by atoms with Crippen molar-refractivity contribution >= 4 is 40.4 Å². The van der Waals surface area contributed by atoms with E-state index in [9.17, 15) is 0 Å². The van der Waals surface area contributed by atoms with Crippen LogP contribution in [0.3, 0.4) is 0 Å². The van der Waals surface area contributed by atoms with Gasteiger partial charge >= 0.3 is 0 Å². The second-order valence-electron chi connectivity index (χ2n) is 3.74. The maximum Gasteiger partial charge on any atom is 0.123 e. The van der Waals surface area contributed by atoms with Crippen molar-refractivity contribution in [3.63, 3.8) is 0 Å². The van der Waals surface area contributed by atoms with E-state index in [0.29, 0.717) is 28.1 Å². The van der Waals surface area contributed by atoms with Gasteiger partial charge in [-0.15, -0.1) is 0 Å². The first kappa shape index (κ1) is 14.1. The number of hydrogen-bond donors (Lipinski definition) is 1. The molecular formula is C13H10Cl2N2OS. The van der Waals surface area contributed by atoms with Crippen molar-refractivity contribution in [2.75, 3.05) is 0 Å². The number of pyridine rings is 1. The highest BCUT2D eigenvalue weighted by atomic mass is 35.5. The van der Waals surface area contributed by atoms with Crippen LogP contribution in [0.25, 0.3) is 0 Å². The summed E-state index contributed by atoms with van der Waals surface area (Å²) in [6, 6.07) is 8.73. The second kappa shape index (κ2) is 6.19. The van der Waals surface area contributed by atoms with Gasteiger partial charge in [0.2, 0.25) is 0 Å². The molecule has 0 unspecified atom stereocenters. The van der Waals surface area contributed by atoms with Crippen LogP contribution >= 0.6 is 35.4 Å². The third-order valence-electron chi connectivity index (χ3n) is 2.41. The summed E-state index contributed by atoms with van der Waals surface area (Å²) < 4.78 is 5.62. The van der Waals surface area contributed by atoms with E-state index in [1.807, 2.05) is 6.07 Å². The maximum absolute atomic E-state index is 5.91. The Labute approximate surface area is 126 Å². The lowest BCUT2D eigenvalue weighted by atomic mass is 10.2. The van der Waals surface area contributed by atoms with E-state index < -0.39 is 0 Å². The van der Waals surface area contributed by atoms with Crippen LogP contribution in [0, 0.1) is 0 Å². The van der Waals surface area contributed by atoms with Gasteiger partial charge in [0, 0.05) is 17.8 Å². The van der Waals surface area contributed by atoms with Crippen LogP contribution < -0.4 is 10.5 Å². The molecule has 1 heterocycles. The molecule has 6 heteroatoms. The molecular weight excluding hydrogens is 303 g/mol. The van der Waals surface area contributed by atoms with Crippen molar-refractivity contribution in [3.05, 3.63) is 57.8 Å². The molecule has 2 rings (SSSR count). The predicted octanol–water partition coefficient (Wildman–Crippen LogP) is 3.60. The second-order valence-corrected chi connectivity index (χ2v) is 4.99. The first-order valence-electron chi connectivity index (χ1n) is 5.39. The van der Waals surface area contributed by atoms with Gasteiger partial charge in [-0.1, -0.05) is 41.5 Å². The molecule has 19 heavy (non-hydrogen) atoms. The van der Waals surface area contributed by atoms with Crippen LogP contribution in [0.5, 0.6) is 5.75 Å². The minimum Gasteiger partial charge on any atom is -0.489 e. The summed E-state index contributed by atoms with van der Waals surface area (Å²) in [5.41, 5.74) is 6.99. The average molecular weight is 313 g/mol. The Hall–Kier alpha value is -1.36. The van der Waals surface area contributed by atoms with Crippen molar-refractivity contribution in [1.82, 2.24) is 4.98 Å². The molecule has 2 N–H and O–H groups in total. The summed E-state index contributed by atoms with van der Waals surface area (Å²) in [7, 11) is 0. The normalized spacial score (nSPS) is 10.2. The summed E-state index contributed by atoms with van der Waals surface area (Å²) in [6.07, 6.45) is 1.64. The van der Waals surface area contributed by atoms with Gasteiger partial charge in [-0.2, -0.15) is 0 Å². The highest BCUT2D eigenvalue weighted by Crippen LogP contribution is 2.26. The molecule has 0 atom stereocenters. The maximum atomic E-state index is 5.91. The van der Waals surface area contributed by atoms with E-state index in [2.05, 4.69) is 4.98 Å². The number of benzene rings is 1. The number of aromatic nitrogens is 1. The summed E-state index contributed by atoms with van der Waals surface area (Å²) >= 11 is 16.7. The van der Waals surface area contributed by atoms with E-state index in [0.717, 1.165) is 5.56 Å². The fraction of sp³-hybridized carbons (Fsp3) is 0.0769. The Bertz CT molecular complexity index is 619. The zero-order chi connectivity index (χ0) is 13.8. The molecule has 0 fully saturated rings. The van der Waals surface area contributed by atoms with Gasteiger partial charge in [-0.25, -0.2) is 0 Å². The smallest absolute Gasteiger partial charge is 0.123 e. The van der Waals surface area contributed by atoms with E-state index in [4.69, 9.17) is 45.9 Å². The van der Waals surface area contributed by atoms with Crippen LogP contribution in [0.4, 0.5) is 0 Å². The number of rotatable bonds is 4. The lowest BCUT2D eigenvalue weighted by Crippen LogP contribution is -2.15. The van der Waals surface area contributed by atoms with Crippen LogP contribution in [0.1, 0.15) is 11.3 Å². The molecule has 0 amide bonds. The molecule has 1 aromatic heterocycles. The summed E-state index contributed by atoms with van der Waals surface area (Å²) in [6.45, 7) is 0.304. The van der Waals surface area contributed by atoms with Crippen LogP contribution in [-0.2, 0) is 6.61 Å². The minimum absolute atomic E-state index is 0.244. The first-order chi connectivity index (χ1) is 9.08. The van der Waals surface area contributed by atoms with Crippen LogP contribution in [-0.4, -0.2) is 9.97 Å². The Morgan fingerprint density at radius 2 is 2.05 bits per heavy atom. The number of halogens is 2. The number of ether oxygens (including phenoxy) is 1. The fourth-order valence-electron chi connectivity index (χ4n) is 1.50. The predicted molar refractivity (Wildman–Crippen MR) is 80.9 cm³/mol. The lowest BCUT2D eigenvalue weighted by Gasteiger charge is -2.09. The van der Waals surface area contributed by atoms with E-state index >= 15 is 0 Å². The fourth-order valence-corrected chi connectivity index (χ4v) is 1.98. The average Bonchev–Trinajstić information content (AvgIpc) is 2.40. The Balaban J connectivity index is 2.14. The van der Waals surface area contributed by atoms with E-state index in [1.54, 1.807) is 30.5 Å². The first-order valence-corrected chi connectivity index (χ1v) is 6.56. The Kier molecular flexibility index (Phi) is 4.58. The molecule has 0 aliphatic heterocycles. The summed E-state index contributed by atoms with van der Waals surface area (Å²) in [4.78, 5) is 4.37. The van der Waals surface area contributed by atoms with E-state index in [-0.39, 0.29) is 4.99 Å². The number of thiocarbonyl (C=S) groups is 1. The number of hydrogen-bond acceptors (Lipinski definition) is 3. The largest absolute Gasteiger partial charge is 0.489 e. The van der Waals surface area contributed by atoms with Crippen molar-refractivity contribution in [1.29, 1.82) is 0 Å². The Morgan fingerprint density at radius 1 is 1.26 bits per heavy atom. The van der Waals surface area contributed by atoms with Crippen molar-refractivity contribution < 1.29 is 4.74 Å². The molecule has 0 saturated carbocycles. The van der Waals surface area contributed by atoms with Crippen molar-refractivity contribution in [3.8, 4) is 5.75 Å². The minimum atomic E-state index is 0.244. The van der Waals surface area contributed by atoms with E-state index in [1.165, 1.54) is 0 Å². The zero-order valence-electron chi connectivity index (χ0n) is 9.77. The van der Waals surface area contributed by atoms with Gasteiger partial charge < -0.3 is 10.5 Å². The Morgan fingerprint density at radius 3 is 2.74 bits per heavy atom. The van der Waals surface area contributed by atoms with Crippen molar-refractivity contribution in [2.24, 2.45) is 5.73 Å². The molecule has 1 aromatic carbocycles. The molecule has 98 valence electrons. The molecule has 0 bridgehead atoms. The standard InChI is InChI=1S/C13H10Cl2N2OS/c14-10-4-3-9(6-11(10)15)18-7-8-2-1-5-17-12(8)13(16)19/h1-6H,7H2,(H2,16,19). The SMILES string of the molecule is NC(=S)c1ncccc1COc1ccc(Cl)c(Cl)c1. The molecule has 2 aromatic rings. The highest BCUT2D eigenvalue weighted by molar-refractivity contribution is 7.80. The molecule has 0 spiro atoms. The van der Waals surface area contributed by atoms with Gasteiger partial charge in [0.05, 0.1) is 10.0 Å². The van der Waals surface area contributed by atoms with Gasteiger partial charge in [0.15, 0.2) is 0 Å². The van der Waals surface area contributed by atoms with Crippen molar-refractivity contribution in [2.45, 2.75) is 6.61 Å². The van der Waals surface area contributed by atoms with Gasteiger partial charge in [0.25, 0.3) is 0 Å².